The fraction of sp³-hybridized carbons (Fsp3) is 0.231. The molecule has 0 unspecified atom stereocenters. The summed E-state index contributed by atoms with van der Waals surface area (Å²) in [6, 6.07) is 23.9. The van der Waals surface area contributed by atoms with Gasteiger partial charge in [0.15, 0.2) is 0 Å². The molecule has 1 heteroatoms. The van der Waals surface area contributed by atoms with Gasteiger partial charge in [0.2, 0.25) is 0 Å². The molecule has 0 saturated carbocycles. The molecule has 0 saturated heterocycles. The van der Waals surface area contributed by atoms with E-state index in [9.17, 15) is 0 Å². The lowest BCUT2D eigenvalue weighted by Gasteiger charge is -2.29. The molecule has 0 aromatic heterocycles. The van der Waals surface area contributed by atoms with E-state index in [1.54, 1.807) is 0 Å². The predicted molar refractivity (Wildman–Crippen MR) is 119 cm³/mol. The van der Waals surface area contributed by atoms with Crippen molar-refractivity contribution in [2.24, 2.45) is 0 Å². The summed E-state index contributed by atoms with van der Waals surface area (Å²) >= 11 is 0. The number of hydrogen-bond donors (Lipinski definition) is 1. The minimum Gasteiger partial charge on any atom is -0.376 e. The first-order valence-electron chi connectivity index (χ1n) is 9.54. The van der Waals surface area contributed by atoms with Gasteiger partial charge >= 0.3 is 0 Å². The van der Waals surface area contributed by atoms with Crippen LogP contribution in [0.3, 0.4) is 0 Å². The van der Waals surface area contributed by atoms with E-state index in [1.807, 2.05) is 0 Å². The van der Waals surface area contributed by atoms with Gasteiger partial charge in [0.05, 0.1) is 5.54 Å². The minimum atomic E-state index is -0.140. The van der Waals surface area contributed by atoms with E-state index in [4.69, 9.17) is 0 Å². The van der Waals surface area contributed by atoms with Gasteiger partial charge in [-0.3, -0.25) is 0 Å². The maximum Gasteiger partial charge on any atom is 0.0569 e. The van der Waals surface area contributed by atoms with Crippen LogP contribution in [0, 0.1) is 20.8 Å². The topological polar surface area (TPSA) is 12.0 Å². The first-order chi connectivity index (χ1) is 12.8. The summed E-state index contributed by atoms with van der Waals surface area (Å²) < 4.78 is 0. The molecule has 1 N–H and O–H groups in total. The second kappa shape index (κ2) is 7.84. The standard InChI is InChI=1S/C26H29N/c1-19-6-9-22(10-7-19)11-12-23-13-15-24(16-14-23)26(4,5)27-25-17-8-20(2)18-21(25)3/h6-18,27H,1-5H3/b12-11-. The van der Waals surface area contributed by atoms with Crippen LogP contribution in [-0.2, 0) is 5.54 Å². The zero-order chi connectivity index (χ0) is 19.4. The zero-order valence-electron chi connectivity index (χ0n) is 17.0. The molecule has 27 heavy (non-hydrogen) atoms. The van der Waals surface area contributed by atoms with Crippen LogP contribution in [0.1, 0.15) is 47.2 Å². The van der Waals surface area contributed by atoms with Crippen molar-refractivity contribution in [3.8, 4) is 0 Å². The van der Waals surface area contributed by atoms with Crippen molar-refractivity contribution in [2.45, 2.75) is 40.2 Å². The smallest absolute Gasteiger partial charge is 0.0569 e. The Bertz CT molecular complexity index is 929. The van der Waals surface area contributed by atoms with Gasteiger partial charge in [0.25, 0.3) is 0 Å². The fourth-order valence-corrected chi connectivity index (χ4v) is 3.24. The highest BCUT2D eigenvalue weighted by Gasteiger charge is 2.20. The van der Waals surface area contributed by atoms with Gasteiger partial charge in [-0.1, -0.05) is 83.9 Å². The number of aryl methyl sites for hydroxylation is 3. The minimum absolute atomic E-state index is 0.140. The van der Waals surface area contributed by atoms with Crippen LogP contribution in [-0.4, -0.2) is 0 Å². The van der Waals surface area contributed by atoms with E-state index >= 15 is 0 Å². The molecule has 0 fully saturated rings. The molecule has 0 aliphatic heterocycles. The van der Waals surface area contributed by atoms with Gasteiger partial charge < -0.3 is 5.32 Å². The van der Waals surface area contributed by atoms with Crippen molar-refractivity contribution in [2.75, 3.05) is 5.32 Å². The normalized spacial score (nSPS) is 11.7. The van der Waals surface area contributed by atoms with Crippen molar-refractivity contribution < 1.29 is 0 Å². The van der Waals surface area contributed by atoms with Crippen LogP contribution < -0.4 is 5.32 Å². The number of rotatable bonds is 5. The van der Waals surface area contributed by atoms with Crippen molar-refractivity contribution in [3.05, 3.63) is 100 Å². The Morgan fingerprint density at radius 1 is 0.667 bits per heavy atom. The zero-order valence-corrected chi connectivity index (χ0v) is 17.0. The van der Waals surface area contributed by atoms with E-state index in [2.05, 4.69) is 119 Å². The van der Waals surface area contributed by atoms with Crippen LogP contribution in [0.5, 0.6) is 0 Å². The lowest BCUT2D eigenvalue weighted by atomic mass is 9.92. The second-order valence-electron chi connectivity index (χ2n) is 7.93. The molecule has 3 aromatic carbocycles. The highest BCUT2D eigenvalue weighted by Crippen LogP contribution is 2.28. The molecule has 0 spiro atoms. The lowest BCUT2D eigenvalue weighted by molar-refractivity contribution is 0.609. The number of benzene rings is 3. The Morgan fingerprint density at radius 3 is 1.74 bits per heavy atom. The fourth-order valence-electron chi connectivity index (χ4n) is 3.24. The third-order valence-electron chi connectivity index (χ3n) is 5.01. The third-order valence-corrected chi connectivity index (χ3v) is 5.01. The van der Waals surface area contributed by atoms with Gasteiger partial charge in [0, 0.05) is 5.69 Å². The SMILES string of the molecule is Cc1ccc(/C=C\c2ccc(C(C)(C)Nc3ccc(C)cc3C)cc2)cc1. The largest absolute Gasteiger partial charge is 0.376 e. The molecular weight excluding hydrogens is 326 g/mol. The highest BCUT2D eigenvalue weighted by atomic mass is 15.0. The molecule has 0 aliphatic rings. The first kappa shape index (κ1) is 19.0. The Kier molecular flexibility index (Phi) is 5.51. The summed E-state index contributed by atoms with van der Waals surface area (Å²) in [5.41, 5.74) is 8.61. The molecule has 1 nitrogen and oxygen atoms in total. The van der Waals surface area contributed by atoms with E-state index in [0.717, 1.165) is 0 Å². The molecule has 0 amide bonds. The lowest BCUT2D eigenvalue weighted by Crippen LogP contribution is -2.28. The molecular formula is C26H29N. The van der Waals surface area contributed by atoms with Gasteiger partial charge in [-0.15, -0.1) is 0 Å². The van der Waals surface area contributed by atoms with Gasteiger partial charge in [-0.25, -0.2) is 0 Å². The third kappa shape index (κ3) is 4.89. The van der Waals surface area contributed by atoms with Gasteiger partial charge in [0.1, 0.15) is 0 Å². The number of nitrogens with one attached hydrogen (secondary N) is 1. The molecule has 3 aromatic rings. The molecule has 138 valence electrons. The van der Waals surface area contributed by atoms with Crippen LogP contribution >= 0.6 is 0 Å². The van der Waals surface area contributed by atoms with Crippen molar-refractivity contribution in [1.82, 2.24) is 0 Å². The maximum absolute atomic E-state index is 3.69. The summed E-state index contributed by atoms with van der Waals surface area (Å²) in [5, 5.41) is 3.69. The van der Waals surface area contributed by atoms with Crippen molar-refractivity contribution in [1.29, 1.82) is 0 Å². The van der Waals surface area contributed by atoms with Gasteiger partial charge in [-0.2, -0.15) is 0 Å². The molecule has 0 atom stereocenters. The highest BCUT2D eigenvalue weighted by molar-refractivity contribution is 5.69. The Hall–Kier alpha value is -2.80. The average molecular weight is 356 g/mol. The first-order valence-corrected chi connectivity index (χ1v) is 9.54. The number of hydrogen-bond acceptors (Lipinski definition) is 1. The van der Waals surface area contributed by atoms with Crippen LogP contribution in [0.15, 0.2) is 66.7 Å². The van der Waals surface area contributed by atoms with E-state index in [0.29, 0.717) is 0 Å². The Balaban J connectivity index is 1.74. The predicted octanol–water partition coefficient (Wildman–Crippen LogP) is 7.13. The van der Waals surface area contributed by atoms with E-state index < -0.39 is 0 Å². The van der Waals surface area contributed by atoms with Crippen molar-refractivity contribution >= 4 is 17.8 Å². The summed E-state index contributed by atoms with van der Waals surface area (Å²) in [6.45, 7) is 10.8. The van der Waals surface area contributed by atoms with Crippen molar-refractivity contribution in [3.63, 3.8) is 0 Å². The summed E-state index contributed by atoms with van der Waals surface area (Å²) in [5.74, 6) is 0. The molecule has 0 aliphatic carbocycles. The Labute approximate surface area is 163 Å². The second-order valence-corrected chi connectivity index (χ2v) is 7.93. The van der Waals surface area contributed by atoms with E-state index in [1.165, 1.54) is 39.1 Å². The maximum atomic E-state index is 3.69. The summed E-state index contributed by atoms with van der Waals surface area (Å²) in [4.78, 5) is 0. The van der Waals surface area contributed by atoms with Gasteiger partial charge in [-0.05, 0) is 62.9 Å². The van der Waals surface area contributed by atoms with E-state index in [-0.39, 0.29) is 5.54 Å². The average Bonchev–Trinajstić information content (AvgIpc) is 2.64. The molecule has 0 radical (unpaired) electrons. The molecule has 0 bridgehead atoms. The monoisotopic (exact) mass is 355 g/mol. The summed E-state index contributed by atoms with van der Waals surface area (Å²) in [7, 11) is 0. The van der Waals surface area contributed by atoms with Crippen LogP contribution in [0.2, 0.25) is 0 Å². The Morgan fingerprint density at radius 2 is 1.19 bits per heavy atom. The molecule has 0 heterocycles. The van der Waals surface area contributed by atoms with Crippen LogP contribution in [0.25, 0.3) is 12.2 Å². The quantitative estimate of drug-likeness (QED) is 0.480. The summed E-state index contributed by atoms with van der Waals surface area (Å²) in [6.07, 6.45) is 4.33. The van der Waals surface area contributed by atoms with Crippen LogP contribution in [0.4, 0.5) is 5.69 Å². The molecule has 3 rings (SSSR count). The number of anilines is 1.